The minimum Gasteiger partial charge on any atom is -0.451 e. The van der Waals surface area contributed by atoms with E-state index in [-0.39, 0.29) is 22.0 Å². The van der Waals surface area contributed by atoms with Gasteiger partial charge in [-0.3, -0.25) is 9.59 Å². The highest BCUT2D eigenvalue weighted by molar-refractivity contribution is 6.30. The Labute approximate surface area is 170 Å². The molecule has 0 fully saturated rings. The maximum atomic E-state index is 13.7. The summed E-state index contributed by atoms with van der Waals surface area (Å²) in [6.07, 6.45) is 0.646. The number of hydrogen-bond acceptors (Lipinski definition) is 5. The number of anilines is 1. The first-order chi connectivity index (χ1) is 13.9. The number of rotatable bonds is 6. The van der Waals surface area contributed by atoms with Gasteiger partial charge in [-0.2, -0.15) is 5.10 Å². The molecule has 0 unspecified atom stereocenters. The van der Waals surface area contributed by atoms with Crippen LogP contribution in [0.1, 0.15) is 23.8 Å². The number of hydrogen-bond donors (Lipinski definition) is 1. The number of nitrogens with zero attached hydrogens (tertiary/aromatic N) is 2. The molecular weight excluding hydrogens is 401 g/mol. The molecule has 2 aromatic carbocycles. The van der Waals surface area contributed by atoms with Gasteiger partial charge in [-0.05, 0) is 30.7 Å². The third-order valence-electron chi connectivity index (χ3n) is 4.03. The minimum atomic E-state index is -0.868. The number of halogens is 2. The van der Waals surface area contributed by atoms with Crippen LogP contribution in [-0.2, 0) is 16.1 Å². The first kappa shape index (κ1) is 20.5. The number of fused-ring (bicyclic) bond motifs is 1. The normalized spacial score (nSPS) is 10.7. The van der Waals surface area contributed by atoms with Crippen molar-refractivity contribution in [1.29, 1.82) is 0 Å². The summed E-state index contributed by atoms with van der Waals surface area (Å²) in [5.74, 6) is -2.29. The summed E-state index contributed by atoms with van der Waals surface area (Å²) in [7, 11) is 0. The number of benzene rings is 2. The van der Waals surface area contributed by atoms with Crippen molar-refractivity contribution < 1.29 is 18.7 Å². The predicted octanol–water partition coefficient (Wildman–Crippen LogP) is 3.39. The fourth-order valence-corrected chi connectivity index (χ4v) is 2.90. The summed E-state index contributed by atoms with van der Waals surface area (Å²) < 4.78 is 19.9. The molecular formula is C20H17ClFN3O4. The van der Waals surface area contributed by atoms with Crippen LogP contribution in [0.5, 0.6) is 0 Å². The van der Waals surface area contributed by atoms with E-state index in [0.29, 0.717) is 23.7 Å². The predicted molar refractivity (Wildman–Crippen MR) is 107 cm³/mol. The fourth-order valence-electron chi connectivity index (χ4n) is 2.73. The summed E-state index contributed by atoms with van der Waals surface area (Å²) >= 11 is 5.78. The monoisotopic (exact) mass is 417 g/mol. The van der Waals surface area contributed by atoms with Gasteiger partial charge in [-0.15, -0.1) is 0 Å². The SMILES string of the molecule is CCCn1nc(C(=O)OCC(=O)Nc2cc(Cl)ccc2F)c2ccccc2c1=O. The van der Waals surface area contributed by atoms with Gasteiger partial charge in [-0.1, -0.05) is 36.7 Å². The molecule has 7 nitrogen and oxygen atoms in total. The molecule has 3 aromatic rings. The lowest BCUT2D eigenvalue weighted by Gasteiger charge is -2.11. The number of ether oxygens (including phenoxy) is 1. The van der Waals surface area contributed by atoms with E-state index in [1.54, 1.807) is 24.3 Å². The molecule has 9 heteroatoms. The Morgan fingerprint density at radius 1 is 1.21 bits per heavy atom. The van der Waals surface area contributed by atoms with Crippen LogP contribution in [0, 0.1) is 5.82 Å². The molecule has 0 aliphatic heterocycles. The second-order valence-electron chi connectivity index (χ2n) is 6.17. The molecule has 29 heavy (non-hydrogen) atoms. The smallest absolute Gasteiger partial charge is 0.359 e. The van der Waals surface area contributed by atoms with E-state index in [1.807, 2.05) is 6.92 Å². The molecule has 0 saturated heterocycles. The van der Waals surface area contributed by atoms with Gasteiger partial charge in [0, 0.05) is 17.0 Å². The largest absolute Gasteiger partial charge is 0.451 e. The molecule has 0 aliphatic carbocycles. The molecule has 0 bridgehead atoms. The molecule has 1 amide bonds. The van der Waals surface area contributed by atoms with Gasteiger partial charge in [0.2, 0.25) is 0 Å². The van der Waals surface area contributed by atoms with E-state index in [2.05, 4.69) is 10.4 Å². The van der Waals surface area contributed by atoms with E-state index < -0.39 is 24.3 Å². The molecule has 0 saturated carbocycles. The average molecular weight is 418 g/mol. The Balaban J connectivity index is 1.79. The van der Waals surface area contributed by atoms with Gasteiger partial charge in [0.05, 0.1) is 11.1 Å². The quantitative estimate of drug-likeness (QED) is 0.621. The second-order valence-corrected chi connectivity index (χ2v) is 6.61. The van der Waals surface area contributed by atoms with Gasteiger partial charge in [0.15, 0.2) is 12.3 Å². The Kier molecular flexibility index (Phi) is 6.23. The molecule has 0 radical (unpaired) electrons. The Bertz CT molecular complexity index is 1150. The number of aryl methyl sites for hydroxylation is 1. The first-order valence-electron chi connectivity index (χ1n) is 8.82. The van der Waals surface area contributed by atoms with Gasteiger partial charge in [0.25, 0.3) is 11.5 Å². The van der Waals surface area contributed by atoms with Crippen LogP contribution >= 0.6 is 11.6 Å². The van der Waals surface area contributed by atoms with Gasteiger partial charge >= 0.3 is 5.97 Å². The van der Waals surface area contributed by atoms with E-state index in [4.69, 9.17) is 16.3 Å². The molecule has 1 aromatic heterocycles. The topological polar surface area (TPSA) is 90.3 Å². The van der Waals surface area contributed by atoms with Gasteiger partial charge in [-0.25, -0.2) is 13.9 Å². The van der Waals surface area contributed by atoms with Crippen LogP contribution in [0.4, 0.5) is 10.1 Å². The molecule has 0 atom stereocenters. The van der Waals surface area contributed by atoms with Crippen LogP contribution in [0.3, 0.4) is 0 Å². The Hall–Kier alpha value is -3.26. The maximum Gasteiger partial charge on any atom is 0.359 e. The van der Waals surface area contributed by atoms with Crippen LogP contribution in [-0.4, -0.2) is 28.3 Å². The summed E-state index contributed by atoms with van der Waals surface area (Å²) in [5, 5.41) is 7.28. The summed E-state index contributed by atoms with van der Waals surface area (Å²) in [4.78, 5) is 37.0. The zero-order valence-corrected chi connectivity index (χ0v) is 16.2. The number of nitrogens with one attached hydrogen (secondary N) is 1. The molecule has 150 valence electrons. The fraction of sp³-hybridized carbons (Fsp3) is 0.200. The zero-order chi connectivity index (χ0) is 21.0. The maximum absolute atomic E-state index is 13.7. The molecule has 0 spiro atoms. The van der Waals surface area contributed by atoms with Gasteiger partial charge in [0.1, 0.15) is 5.82 Å². The molecule has 3 rings (SSSR count). The average Bonchev–Trinajstić information content (AvgIpc) is 2.71. The van der Waals surface area contributed by atoms with Crippen molar-refractivity contribution in [3.8, 4) is 0 Å². The van der Waals surface area contributed by atoms with Gasteiger partial charge < -0.3 is 10.1 Å². The summed E-state index contributed by atoms with van der Waals surface area (Å²) in [6.45, 7) is 1.55. The minimum absolute atomic E-state index is 0.0737. The van der Waals surface area contributed by atoms with E-state index in [1.165, 1.54) is 16.8 Å². The van der Waals surface area contributed by atoms with Crippen LogP contribution in [0.25, 0.3) is 10.8 Å². The van der Waals surface area contributed by atoms with Crippen molar-refractivity contribution in [3.63, 3.8) is 0 Å². The molecule has 1 heterocycles. The first-order valence-corrected chi connectivity index (χ1v) is 9.20. The van der Waals surface area contributed by atoms with Crippen molar-refractivity contribution in [2.75, 3.05) is 11.9 Å². The highest BCUT2D eigenvalue weighted by atomic mass is 35.5. The van der Waals surface area contributed by atoms with E-state index in [9.17, 15) is 18.8 Å². The lowest BCUT2D eigenvalue weighted by atomic mass is 10.1. The van der Waals surface area contributed by atoms with E-state index in [0.717, 1.165) is 6.07 Å². The lowest BCUT2D eigenvalue weighted by Crippen LogP contribution is -2.27. The van der Waals surface area contributed by atoms with Crippen molar-refractivity contribution in [2.24, 2.45) is 0 Å². The van der Waals surface area contributed by atoms with Crippen molar-refractivity contribution in [3.05, 3.63) is 69.4 Å². The Morgan fingerprint density at radius 2 is 1.93 bits per heavy atom. The highest BCUT2D eigenvalue weighted by Crippen LogP contribution is 2.19. The Morgan fingerprint density at radius 3 is 2.66 bits per heavy atom. The third-order valence-corrected chi connectivity index (χ3v) is 4.27. The number of carbonyl (C=O) groups excluding carboxylic acids is 2. The number of esters is 1. The number of aromatic nitrogens is 2. The molecule has 1 N–H and O–H groups in total. The van der Waals surface area contributed by atoms with Crippen molar-refractivity contribution >= 4 is 39.9 Å². The van der Waals surface area contributed by atoms with Crippen LogP contribution < -0.4 is 10.9 Å². The number of carbonyl (C=O) groups is 2. The van der Waals surface area contributed by atoms with Crippen LogP contribution in [0.15, 0.2) is 47.3 Å². The number of amides is 1. The van der Waals surface area contributed by atoms with Crippen molar-refractivity contribution in [2.45, 2.75) is 19.9 Å². The van der Waals surface area contributed by atoms with Crippen LogP contribution in [0.2, 0.25) is 5.02 Å². The third kappa shape index (κ3) is 4.60. The standard InChI is InChI=1S/C20H17ClFN3O4/c1-2-9-25-19(27)14-6-4-3-5-13(14)18(24-25)20(28)29-11-17(26)23-16-10-12(21)7-8-15(16)22/h3-8,10H,2,9,11H2,1H3,(H,23,26). The molecule has 0 aliphatic rings. The zero-order valence-electron chi connectivity index (χ0n) is 15.4. The second kappa shape index (κ2) is 8.83. The lowest BCUT2D eigenvalue weighted by molar-refractivity contribution is -0.119. The highest BCUT2D eigenvalue weighted by Gasteiger charge is 2.19. The summed E-state index contributed by atoms with van der Waals surface area (Å²) in [6, 6.07) is 10.2. The van der Waals surface area contributed by atoms with E-state index >= 15 is 0 Å². The summed E-state index contributed by atoms with van der Waals surface area (Å²) in [5.41, 5.74) is -0.512. The van der Waals surface area contributed by atoms with Crippen molar-refractivity contribution in [1.82, 2.24) is 9.78 Å².